The SMILES string of the molecule is C=C[C@@H]1[C@@H](C[C@H](C)O)C1(F)F. The van der Waals surface area contributed by atoms with Crippen molar-refractivity contribution in [2.24, 2.45) is 11.8 Å². The molecule has 64 valence electrons. The van der Waals surface area contributed by atoms with Crippen molar-refractivity contribution in [1.82, 2.24) is 0 Å². The summed E-state index contributed by atoms with van der Waals surface area (Å²) in [5, 5.41) is 8.84. The van der Waals surface area contributed by atoms with Gasteiger partial charge in [-0.15, -0.1) is 6.58 Å². The molecule has 0 saturated heterocycles. The molecule has 1 nitrogen and oxygen atoms in total. The summed E-state index contributed by atoms with van der Waals surface area (Å²) in [7, 11) is 0. The Kier molecular flexibility index (Phi) is 2.01. The van der Waals surface area contributed by atoms with Crippen molar-refractivity contribution in [3.63, 3.8) is 0 Å². The summed E-state index contributed by atoms with van der Waals surface area (Å²) < 4.78 is 25.3. The highest BCUT2D eigenvalue weighted by Gasteiger charge is 2.66. The van der Waals surface area contributed by atoms with E-state index in [0.29, 0.717) is 0 Å². The molecule has 3 heteroatoms. The summed E-state index contributed by atoms with van der Waals surface area (Å²) in [5.74, 6) is -4.00. The van der Waals surface area contributed by atoms with Crippen LogP contribution in [0.4, 0.5) is 8.78 Å². The Balaban J connectivity index is 2.46. The number of allylic oxidation sites excluding steroid dienone is 1. The Morgan fingerprint density at radius 3 is 2.55 bits per heavy atom. The van der Waals surface area contributed by atoms with Crippen LogP contribution in [0.1, 0.15) is 13.3 Å². The van der Waals surface area contributed by atoms with Gasteiger partial charge in [0.2, 0.25) is 0 Å². The van der Waals surface area contributed by atoms with Crippen LogP contribution in [0.2, 0.25) is 0 Å². The Morgan fingerprint density at radius 1 is 1.73 bits per heavy atom. The molecule has 3 atom stereocenters. The molecular weight excluding hydrogens is 150 g/mol. The predicted molar refractivity (Wildman–Crippen MR) is 38.4 cm³/mol. The molecular formula is C8H12F2O. The highest BCUT2D eigenvalue weighted by molar-refractivity contribution is 5.13. The molecule has 1 fully saturated rings. The predicted octanol–water partition coefficient (Wildman–Crippen LogP) is 1.82. The van der Waals surface area contributed by atoms with Crippen LogP contribution >= 0.6 is 0 Å². The molecule has 0 aromatic carbocycles. The first-order valence-corrected chi connectivity index (χ1v) is 3.68. The maximum atomic E-state index is 12.6. The van der Waals surface area contributed by atoms with Crippen molar-refractivity contribution in [2.75, 3.05) is 0 Å². The average molecular weight is 162 g/mol. The van der Waals surface area contributed by atoms with Crippen molar-refractivity contribution in [1.29, 1.82) is 0 Å². The Bertz CT molecular complexity index is 165. The van der Waals surface area contributed by atoms with E-state index in [0.717, 1.165) is 0 Å². The molecule has 1 rings (SSSR count). The zero-order valence-corrected chi connectivity index (χ0v) is 6.43. The van der Waals surface area contributed by atoms with Crippen molar-refractivity contribution >= 4 is 0 Å². The van der Waals surface area contributed by atoms with Crippen molar-refractivity contribution in [3.8, 4) is 0 Å². The average Bonchev–Trinajstić information content (AvgIpc) is 2.33. The van der Waals surface area contributed by atoms with E-state index < -0.39 is 23.9 Å². The fraction of sp³-hybridized carbons (Fsp3) is 0.750. The van der Waals surface area contributed by atoms with Gasteiger partial charge in [-0.25, -0.2) is 8.78 Å². The van der Waals surface area contributed by atoms with Crippen LogP contribution in [-0.4, -0.2) is 17.1 Å². The van der Waals surface area contributed by atoms with Gasteiger partial charge >= 0.3 is 0 Å². The third-order valence-electron chi connectivity index (χ3n) is 2.11. The van der Waals surface area contributed by atoms with Crippen molar-refractivity contribution in [2.45, 2.75) is 25.4 Å². The first kappa shape index (κ1) is 8.65. The van der Waals surface area contributed by atoms with E-state index in [2.05, 4.69) is 6.58 Å². The number of hydrogen-bond donors (Lipinski definition) is 1. The van der Waals surface area contributed by atoms with Gasteiger partial charge in [-0.3, -0.25) is 0 Å². The van der Waals surface area contributed by atoms with Gasteiger partial charge in [0, 0.05) is 11.8 Å². The third kappa shape index (κ3) is 1.43. The van der Waals surface area contributed by atoms with Gasteiger partial charge in [0.15, 0.2) is 0 Å². The van der Waals surface area contributed by atoms with Gasteiger partial charge in [-0.05, 0) is 13.3 Å². The summed E-state index contributed by atoms with van der Waals surface area (Å²) in [5.41, 5.74) is 0. The minimum Gasteiger partial charge on any atom is -0.393 e. The summed E-state index contributed by atoms with van der Waals surface area (Å²) in [6, 6.07) is 0. The van der Waals surface area contributed by atoms with Gasteiger partial charge < -0.3 is 5.11 Å². The molecule has 0 aliphatic heterocycles. The van der Waals surface area contributed by atoms with E-state index in [1.165, 1.54) is 13.0 Å². The minimum atomic E-state index is -2.61. The standard InChI is InChI=1S/C8H12F2O/c1-3-6-7(4-5(2)11)8(6,9)10/h3,5-7,11H,1,4H2,2H3/t5-,6+,7+/m0/s1. The number of aliphatic hydroxyl groups excluding tert-OH is 1. The second kappa shape index (κ2) is 2.55. The monoisotopic (exact) mass is 162 g/mol. The molecule has 1 aliphatic rings. The minimum absolute atomic E-state index is 0.170. The Labute approximate surface area is 64.7 Å². The topological polar surface area (TPSA) is 20.2 Å². The quantitative estimate of drug-likeness (QED) is 0.627. The molecule has 0 spiro atoms. The van der Waals surface area contributed by atoms with Gasteiger partial charge in [-0.1, -0.05) is 6.08 Å². The molecule has 1 N–H and O–H groups in total. The number of hydrogen-bond acceptors (Lipinski definition) is 1. The lowest BCUT2D eigenvalue weighted by Crippen LogP contribution is -2.04. The lowest BCUT2D eigenvalue weighted by Gasteiger charge is -2.00. The number of aliphatic hydroxyl groups is 1. The molecule has 0 aromatic rings. The molecule has 0 radical (unpaired) electrons. The fourth-order valence-electron chi connectivity index (χ4n) is 1.41. The van der Waals surface area contributed by atoms with Crippen LogP contribution in [0.25, 0.3) is 0 Å². The summed E-state index contributed by atoms with van der Waals surface area (Å²) in [4.78, 5) is 0. The second-order valence-electron chi connectivity index (χ2n) is 3.13. The van der Waals surface area contributed by atoms with Gasteiger partial charge in [0.1, 0.15) is 0 Å². The van der Waals surface area contributed by atoms with Crippen LogP contribution in [0.5, 0.6) is 0 Å². The van der Waals surface area contributed by atoms with E-state index in [-0.39, 0.29) is 6.42 Å². The molecule has 1 aliphatic carbocycles. The normalized spacial score (nSPS) is 36.4. The first-order valence-electron chi connectivity index (χ1n) is 3.68. The summed E-state index contributed by atoms with van der Waals surface area (Å²) in [6.45, 7) is 4.84. The van der Waals surface area contributed by atoms with Crippen LogP contribution in [-0.2, 0) is 0 Å². The highest BCUT2D eigenvalue weighted by Crippen LogP contribution is 2.57. The zero-order chi connectivity index (χ0) is 8.65. The lowest BCUT2D eigenvalue weighted by molar-refractivity contribution is 0.0752. The largest absolute Gasteiger partial charge is 0.393 e. The van der Waals surface area contributed by atoms with Crippen molar-refractivity contribution < 1.29 is 13.9 Å². The summed E-state index contributed by atoms with van der Waals surface area (Å²) >= 11 is 0. The van der Waals surface area contributed by atoms with E-state index in [4.69, 9.17) is 5.11 Å². The third-order valence-corrected chi connectivity index (χ3v) is 2.11. The van der Waals surface area contributed by atoms with E-state index in [1.807, 2.05) is 0 Å². The van der Waals surface area contributed by atoms with Crippen molar-refractivity contribution in [3.05, 3.63) is 12.7 Å². The maximum absolute atomic E-state index is 12.6. The number of alkyl halides is 2. The molecule has 0 aromatic heterocycles. The zero-order valence-electron chi connectivity index (χ0n) is 6.43. The van der Waals surface area contributed by atoms with E-state index in [1.54, 1.807) is 0 Å². The summed E-state index contributed by atoms with van der Waals surface area (Å²) in [6.07, 6.45) is 0.798. The molecule has 11 heavy (non-hydrogen) atoms. The molecule has 0 unspecified atom stereocenters. The van der Waals surface area contributed by atoms with Crippen LogP contribution in [0.3, 0.4) is 0 Å². The second-order valence-corrected chi connectivity index (χ2v) is 3.13. The molecule has 0 amide bonds. The molecule has 1 saturated carbocycles. The molecule has 0 bridgehead atoms. The van der Waals surface area contributed by atoms with Gasteiger partial charge in [0.25, 0.3) is 5.92 Å². The van der Waals surface area contributed by atoms with Crippen LogP contribution < -0.4 is 0 Å². The van der Waals surface area contributed by atoms with Crippen LogP contribution in [0, 0.1) is 11.8 Å². The lowest BCUT2D eigenvalue weighted by atomic mass is 10.2. The number of halogens is 2. The van der Waals surface area contributed by atoms with E-state index in [9.17, 15) is 8.78 Å². The first-order chi connectivity index (χ1) is 5.00. The smallest absolute Gasteiger partial charge is 0.258 e. The Hall–Kier alpha value is -0.440. The maximum Gasteiger partial charge on any atom is 0.258 e. The fourth-order valence-corrected chi connectivity index (χ4v) is 1.41. The van der Waals surface area contributed by atoms with Gasteiger partial charge in [-0.2, -0.15) is 0 Å². The number of rotatable bonds is 3. The van der Waals surface area contributed by atoms with E-state index >= 15 is 0 Å². The van der Waals surface area contributed by atoms with Crippen LogP contribution in [0.15, 0.2) is 12.7 Å². The van der Waals surface area contributed by atoms with Gasteiger partial charge in [0.05, 0.1) is 6.10 Å². The Morgan fingerprint density at radius 2 is 2.27 bits per heavy atom. The highest BCUT2D eigenvalue weighted by atomic mass is 19.3. The molecule has 0 heterocycles.